The van der Waals surface area contributed by atoms with E-state index in [2.05, 4.69) is 26.2 Å². The van der Waals surface area contributed by atoms with Crippen LogP contribution >= 0.6 is 15.9 Å². The Morgan fingerprint density at radius 3 is 2.89 bits per heavy atom. The van der Waals surface area contributed by atoms with E-state index in [1.165, 1.54) is 6.07 Å². The standard InChI is InChI=1S/C14H13BrN2O2/c1-9-3-2-6-16-12(9)8-17-14(19)11-5-4-10(15)7-13(11)18/h2-7,18H,8H2,1H3,(H,17,19). The summed E-state index contributed by atoms with van der Waals surface area (Å²) in [5.41, 5.74) is 2.08. The molecule has 2 rings (SSSR count). The van der Waals surface area contributed by atoms with E-state index in [1.54, 1.807) is 18.3 Å². The van der Waals surface area contributed by atoms with Crippen molar-refractivity contribution < 1.29 is 9.90 Å². The second-order valence-corrected chi connectivity index (χ2v) is 5.03. The van der Waals surface area contributed by atoms with E-state index in [9.17, 15) is 9.90 Å². The molecule has 1 aromatic carbocycles. The zero-order valence-electron chi connectivity index (χ0n) is 10.4. The summed E-state index contributed by atoms with van der Waals surface area (Å²) in [6.07, 6.45) is 1.69. The van der Waals surface area contributed by atoms with Crippen LogP contribution in [0, 0.1) is 6.92 Å². The third-order valence-corrected chi connectivity index (χ3v) is 3.23. The quantitative estimate of drug-likeness (QED) is 0.914. The van der Waals surface area contributed by atoms with Gasteiger partial charge in [-0.3, -0.25) is 9.78 Å². The maximum atomic E-state index is 11.9. The fourth-order valence-electron chi connectivity index (χ4n) is 1.66. The van der Waals surface area contributed by atoms with Crippen LogP contribution in [0.25, 0.3) is 0 Å². The van der Waals surface area contributed by atoms with Crippen molar-refractivity contribution in [1.29, 1.82) is 0 Å². The fourth-order valence-corrected chi connectivity index (χ4v) is 2.01. The molecule has 0 aliphatic heterocycles. The number of nitrogens with one attached hydrogen (secondary N) is 1. The molecule has 4 nitrogen and oxygen atoms in total. The first-order chi connectivity index (χ1) is 9.08. The third kappa shape index (κ3) is 3.32. The van der Waals surface area contributed by atoms with Gasteiger partial charge >= 0.3 is 0 Å². The number of aromatic nitrogens is 1. The summed E-state index contributed by atoms with van der Waals surface area (Å²) in [4.78, 5) is 16.1. The minimum Gasteiger partial charge on any atom is -0.507 e. The molecule has 0 unspecified atom stereocenters. The Labute approximate surface area is 119 Å². The molecule has 0 saturated carbocycles. The number of amides is 1. The van der Waals surface area contributed by atoms with Crippen LogP contribution in [-0.2, 0) is 6.54 Å². The van der Waals surface area contributed by atoms with Crippen LogP contribution < -0.4 is 5.32 Å². The lowest BCUT2D eigenvalue weighted by atomic mass is 10.1. The van der Waals surface area contributed by atoms with Crippen LogP contribution in [0.4, 0.5) is 0 Å². The van der Waals surface area contributed by atoms with Crippen LogP contribution in [-0.4, -0.2) is 16.0 Å². The molecule has 5 heteroatoms. The number of benzene rings is 1. The predicted octanol–water partition coefficient (Wildman–Crippen LogP) is 2.79. The second-order valence-electron chi connectivity index (χ2n) is 4.11. The number of pyridine rings is 1. The van der Waals surface area contributed by atoms with Crippen molar-refractivity contribution in [3.05, 3.63) is 57.8 Å². The van der Waals surface area contributed by atoms with Crippen LogP contribution in [0.1, 0.15) is 21.6 Å². The van der Waals surface area contributed by atoms with Gasteiger partial charge in [-0.25, -0.2) is 0 Å². The first-order valence-corrected chi connectivity index (χ1v) is 6.54. The lowest BCUT2D eigenvalue weighted by molar-refractivity contribution is 0.0947. The molecule has 1 amide bonds. The molecule has 0 saturated heterocycles. The van der Waals surface area contributed by atoms with Crippen molar-refractivity contribution in [3.8, 4) is 5.75 Å². The molecular weight excluding hydrogens is 308 g/mol. The minimum atomic E-state index is -0.324. The number of aromatic hydroxyl groups is 1. The number of rotatable bonds is 3. The number of nitrogens with zero attached hydrogens (tertiary/aromatic N) is 1. The third-order valence-electron chi connectivity index (χ3n) is 2.74. The summed E-state index contributed by atoms with van der Waals surface area (Å²) >= 11 is 3.23. The average molecular weight is 321 g/mol. The van der Waals surface area contributed by atoms with Crippen LogP contribution in [0.2, 0.25) is 0 Å². The predicted molar refractivity (Wildman–Crippen MR) is 76.0 cm³/mol. The highest BCUT2D eigenvalue weighted by Gasteiger charge is 2.11. The van der Waals surface area contributed by atoms with Gasteiger partial charge in [-0.2, -0.15) is 0 Å². The number of carbonyl (C=O) groups excluding carboxylic acids is 1. The van der Waals surface area contributed by atoms with Gasteiger partial charge in [-0.1, -0.05) is 22.0 Å². The molecule has 2 aromatic rings. The SMILES string of the molecule is Cc1cccnc1CNC(=O)c1ccc(Br)cc1O. The van der Waals surface area contributed by atoms with Gasteiger partial charge in [0.1, 0.15) is 5.75 Å². The van der Waals surface area contributed by atoms with E-state index < -0.39 is 0 Å². The highest BCUT2D eigenvalue weighted by atomic mass is 79.9. The Hall–Kier alpha value is -1.88. The highest BCUT2D eigenvalue weighted by molar-refractivity contribution is 9.10. The molecule has 98 valence electrons. The number of carbonyl (C=O) groups is 1. The maximum absolute atomic E-state index is 11.9. The van der Waals surface area contributed by atoms with Crippen molar-refractivity contribution in [2.45, 2.75) is 13.5 Å². The van der Waals surface area contributed by atoms with Gasteiger partial charge < -0.3 is 10.4 Å². The molecule has 0 atom stereocenters. The van der Waals surface area contributed by atoms with E-state index >= 15 is 0 Å². The van der Waals surface area contributed by atoms with Crippen LogP contribution in [0.5, 0.6) is 5.75 Å². The minimum absolute atomic E-state index is 0.0513. The summed E-state index contributed by atoms with van der Waals surface area (Å²) < 4.78 is 0.724. The molecule has 0 aliphatic carbocycles. The van der Waals surface area contributed by atoms with Gasteiger partial charge in [0.05, 0.1) is 17.8 Å². The van der Waals surface area contributed by atoms with Gasteiger partial charge in [-0.05, 0) is 36.8 Å². The van der Waals surface area contributed by atoms with Gasteiger partial charge in [0, 0.05) is 10.7 Å². The summed E-state index contributed by atoms with van der Waals surface area (Å²) in [6.45, 7) is 2.27. The van der Waals surface area contributed by atoms with E-state index in [0.717, 1.165) is 15.7 Å². The van der Waals surface area contributed by atoms with Crippen molar-refractivity contribution in [3.63, 3.8) is 0 Å². The Morgan fingerprint density at radius 1 is 1.42 bits per heavy atom. The van der Waals surface area contributed by atoms with E-state index in [4.69, 9.17) is 0 Å². The fraction of sp³-hybridized carbons (Fsp3) is 0.143. The number of hydrogen-bond acceptors (Lipinski definition) is 3. The molecule has 0 bridgehead atoms. The van der Waals surface area contributed by atoms with Gasteiger partial charge in [0.2, 0.25) is 0 Å². The number of phenolic OH excluding ortho intramolecular Hbond substituents is 1. The van der Waals surface area contributed by atoms with Gasteiger partial charge in [-0.15, -0.1) is 0 Å². The van der Waals surface area contributed by atoms with Crippen molar-refractivity contribution in [2.75, 3.05) is 0 Å². The second kappa shape index (κ2) is 5.84. The highest BCUT2D eigenvalue weighted by Crippen LogP contribution is 2.22. The molecule has 2 N–H and O–H groups in total. The number of aryl methyl sites for hydroxylation is 1. The molecule has 0 radical (unpaired) electrons. The van der Waals surface area contributed by atoms with E-state index in [-0.39, 0.29) is 17.2 Å². The Kier molecular flexibility index (Phi) is 4.16. The first-order valence-electron chi connectivity index (χ1n) is 5.75. The van der Waals surface area contributed by atoms with Gasteiger partial charge in [0.25, 0.3) is 5.91 Å². The van der Waals surface area contributed by atoms with Gasteiger partial charge in [0.15, 0.2) is 0 Å². The number of hydrogen-bond donors (Lipinski definition) is 2. The maximum Gasteiger partial charge on any atom is 0.255 e. The summed E-state index contributed by atoms with van der Waals surface area (Å²) in [5, 5.41) is 12.4. The van der Waals surface area contributed by atoms with Crippen LogP contribution in [0.3, 0.4) is 0 Å². The van der Waals surface area contributed by atoms with Crippen LogP contribution in [0.15, 0.2) is 41.0 Å². The summed E-state index contributed by atoms with van der Waals surface area (Å²) in [6, 6.07) is 8.55. The first kappa shape index (κ1) is 13.5. The van der Waals surface area contributed by atoms with E-state index in [0.29, 0.717) is 6.54 Å². The normalized spacial score (nSPS) is 10.2. The molecule has 1 heterocycles. The lowest BCUT2D eigenvalue weighted by Crippen LogP contribution is -2.23. The lowest BCUT2D eigenvalue weighted by Gasteiger charge is -2.08. The molecule has 1 aromatic heterocycles. The molecule has 0 spiro atoms. The molecular formula is C14H13BrN2O2. The summed E-state index contributed by atoms with van der Waals surface area (Å²) in [5.74, 6) is -0.375. The van der Waals surface area contributed by atoms with Crippen molar-refractivity contribution >= 4 is 21.8 Å². The van der Waals surface area contributed by atoms with E-state index in [1.807, 2.05) is 19.1 Å². The zero-order valence-corrected chi connectivity index (χ0v) is 11.9. The Balaban J connectivity index is 2.08. The Morgan fingerprint density at radius 2 is 2.21 bits per heavy atom. The average Bonchev–Trinajstić information content (AvgIpc) is 2.37. The number of halogens is 1. The molecule has 0 fully saturated rings. The zero-order chi connectivity index (χ0) is 13.8. The smallest absolute Gasteiger partial charge is 0.255 e. The van der Waals surface area contributed by atoms with Crippen molar-refractivity contribution in [1.82, 2.24) is 10.3 Å². The number of phenols is 1. The summed E-state index contributed by atoms with van der Waals surface area (Å²) in [7, 11) is 0. The topological polar surface area (TPSA) is 62.2 Å². The Bertz CT molecular complexity index is 614. The van der Waals surface area contributed by atoms with Crippen molar-refractivity contribution in [2.24, 2.45) is 0 Å². The largest absolute Gasteiger partial charge is 0.507 e. The monoisotopic (exact) mass is 320 g/mol. The molecule has 19 heavy (non-hydrogen) atoms. The molecule has 0 aliphatic rings.